The first kappa shape index (κ1) is 15.2. The second kappa shape index (κ2) is 9.09. The Kier molecular flexibility index (Phi) is 7.66. The van der Waals surface area contributed by atoms with Crippen LogP contribution in [-0.2, 0) is 6.42 Å². The summed E-state index contributed by atoms with van der Waals surface area (Å²) >= 11 is 0. The standard InChI is InChI=1S/C16H25FO/c1-2-3-4-5-6-8-15(13-18)11-14-9-7-10-16(17)12-14/h7,9-10,12,15,18H,2-6,8,11,13H2,1H3. The van der Waals surface area contributed by atoms with Crippen molar-refractivity contribution in [2.75, 3.05) is 6.61 Å². The molecule has 1 unspecified atom stereocenters. The fourth-order valence-electron chi connectivity index (χ4n) is 2.29. The van der Waals surface area contributed by atoms with Gasteiger partial charge in [0.2, 0.25) is 0 Å². The van der Waals surface area contributed by atoms with Crippen LogP contribution in [-0.4, -0.2) is 11.7 Å². The van der Waals surface area contributed by atoms with E-state index in [0.717, 1.165) is 18.4 Å². The molecule has 0 saturated carbocycles. The molecule has 0 heterocycles. The maximum Gasteiger partial charge on any atom is 0.123 e. The van der Waals surface area contributed by atoms with Crippen molar-refractivity contribution < 1.29 is 9.50 Å². The number of benzene rings is 1. The van der Waals surface area contributed by atoms with Gasteiger partial charge >= 0.3 is 0 Å². The third kappa shape index (κ3) is 6.15. The Bertz CT molecular complexity index is 325. The number of rotatable bonds is 9. The van der Waals surface area contributed by atoms with Gasteiger partial charge in [-0.25, -0.2) is 4.39 Å². The molecular formula is C16H25FO. The highest BCUT2D eigenvalue weighted by atomic mass is 19.1. The first-order valence-electron chi connectivity index (χ1n) is 7.11. The lowest BCUT2D eigenvalue weighted by atomic mass is 9.94. The van der Waals surface area contributed by atoms with Gasteiger partial charge < -0.3 is 5.11 Å². The number of halogens is 1. The van der Waals surface area contributed by atoms with Gasteiger partial charge in [-0.05, 0) is 36.5 Å². The fraction of sp³-hybridized carbons (Fsp3) is 0.625. The maximum absolute atomic E-state index is 13.1. The van der Waals surface area contributed by atoms with Crippen LogP contribution >= 0.6 is 0 Å². The van der Waals surface area contributed by atoms with Crippen LogP contribution in [0.4, 0.5) is 4.39 Å². The van der Waals surface area contributed by atoms with Crippen molar-refractivity contribution in [3.05, 3.63) is 35.6 Å². The summed E-state index contributed by atoms with van der Waals surface area (Å²) in [4.78, 5) is 0. The molecule has 2 heteroatoms. The fourth-order valence-corrected chi connectivity index (χ4v) is 2.29. The molecule has 1 aromatic rings. The van der Waals surface area contributed by atoms with Crippen molar-refractivity contribution >= 4 is 0 Å². The molecule has 0 aliphatic heterocycles. The zero-order valence-corrected chi connectivity index (χ0v) is 11.4. The maximum atomic E-state index is 13.1. The zero-order chi connectivity index (χ0) is 13.2. The van der Waals surface area contributed by atoms with Crippen molar-refractivity contribution in [3.8, 4) is 0 Å². The van der Waals surface area contributed by atoms with E-state index < -0.39 is 0 Å². The molecular weight excluding hydrogens is 227 g/mol. The summed E-state index contributed by atoms with van der Waals surface area (Å²) in [5.41, 5.74) is 0.989. The molecule has 0 saturated heterocycles. The molecule has 18 heavy (non-hydrogen) atoms. The number of aliphatic hydroxyl groups is 1. The lowest BCUT2D eigenvalue weighted by Gasteiger charge is -2.14. The van der Waals surface area contributed by atoms with E-state index in [2.05, 4.69) is 6.92 Å². The summed E-state index contributed by atoms with van der Waals surface area (Å²) in [6.45, 7) is 2.41. The third-order valence-electron chi connectivity index (χ3n) is 3.39. The number of hydrogen-bond acceptors (Lipinski definition) is 1. The highest BCUT2D eigenvalue weighted by Crippen LogP contribution is 2.17. The first-order chi connectivity index (χ1) is 8.76. The number of aliphatic hydroxyl groups excluding tert-OH is 1. The van der Waals surface area contributed by atoms with Crippen LogP contribution in [0.5, 0.6) is 0 Å². The van der Waals surface area contributed by atoms with Crippen molar-refractivity contribution in [3.63, 3.8) is 0 Å². The Hall–Kier alpha value is -0.890. The molecule has 0 aromatic heterocycles. The summed E-state index contributed by atoms with van der Waals surface area (Å²) in [6.07, 6.45) is 8.07. The number of hydrogen-bond donors (Lipinski definition) is 1. The SMILES string of the molecule is CCCCCCCC(CO)Cc1cccc(F)c1. The summed E-state index contributed by atoms with van der Waals surface area (Å²) in [6, 6.07) is 6.70. The van der Waals surface area contributed by atoms with Gasteiger partial charge in [0.1, 0.15) is 5.82 Å². The van der Waals surface area contributed by atoms with Crippen molar-refractivity contribution in [1.82, 2.24) is 0 Å². The molecule has 0 radical (unpaired) electrons. The first-order valence-corrected chi connectivity index (χ1v) is 7.11. The van der Waals surface area contributed by atoms with Gasteiger partial charge in [0.15, 0.2) is 0 Å². The van der Waals surface area contributed by atoms with Crippen molar-refractivity contribution in [2.24, 2.45) is 5.92 Å². The molecule has 1 nitrogen and oxygen atoms in total. The minimum absolute atomic E-state index is 0.188. The summed E-state index contributed by atoms with van der Waals surface area (Å²) in [5, 5.41) is 9.37. The Morgan fingerprint density at radius 3 is 2.61 bits per heavy atom. The minimum atomic E-state index is -0.188. The van der Waals surface area contributed by atoms with Gasteiger partial charge in [-0.3, -0.25) is 0 Å². The normalized spacial score (nSPS) is 12.6. The van der Waals surface area contributed by atoms with E-state index in [4.69, 9.17) is 0 Å². The molecule has 102 valence electrons. The van der Waals surface area contributed by atoms with Gasteiger partial charge in [0, 0.05) is 6.61 Å². The average molecular weight is 252 g/mol. The molecule has 0 amide bonds. The van der Waals surface area contributed by atoms with E-state index in [0.29, 0.717) is 0 Å². The second-order valence-electron chi connectivity index (χ2n) is 5.09. The lowest BCUT2D eigenvalue weighted by Crippen LogP contribution is -2.09. The topological polar surface area (TPSA) is 20.2 Å². The predicted molar refractivity (Wildman–Crippen MR) is 74.1 cm³/mol. The van der Waals surface area contributed by atoms with Crippen molar-refractivity contribution in [2.45, 2.75) is 51.9 Å². The van der Waals surface area contributed by atoms with Crippen molar-refractivity contribution in [1.29, 1.82) is 0 Å². The summed E-state index contributed by atoms with van der Waals surface area (Å²) in [5.74, 6) is 0.0839. The van der Waals surface area contributed by atoms with E-state index in [1.54, 1.807) is 12.1 Å². The van der Waals surface area contributed by atoms with Crippen LogP contribution in [0, 0.1) is 11.7 Å². The van der Waals surface area contributed by atoms with E-state index in [1.165, 1.54) is 38.2 Å². The highest BCUT2D eigenvalue weighted by Gasteiger charge is 2.08. The van der Waals surface area contributed by atoms with Crippen LogP contribution in [0.1, 0.15) is 51.0 Å². The summed E-state index contributed by atoms with van der Waals surface area (Å²) in [7, 11) is 0. The van der Waals surface area contributed by atoms with Gasteiger partial charge in [0.25, 0.3) is 0 Å². The molecule has 0 bridgehead atoms. The van der Waals surface area contributed by atoms with E-state index in [1.807, 2.05) is 6.07 Å². The number of unbranched alkanes of at least 4 members (excludes halogenated alkanes) is 4. The van der Waals surface area contributed by atoms with Crippen LogP contribution in [0.3, 0.4) is 0 Å². The smallest absolute Gasteiger partial charge is 0.123 e. The Morgan fingerprint density at radius 1 is 1.17 bits per heavy atom. The van der Waals surface area contributed by atoms with Gasteiger partial charge in [-0.2, -0.15) is 0 Å². The molecule has 1 aromatic carbocycles. The Labute approximate surface area is 110 Å². The molecule has 0 aliphatic carbocycles. The van der Waals surface area contributed by atoms with E-state index >= 15 is 0 Å². The van der Waals surface area contributed by atoms with Crippen LogP contribution < -0.4 is 0 Å². The predicted octanol–water partition coefficient (Wildman–Crippen LogP) is 4.34. The quantitative estimate of drug-likeness (QED) is 0.648. The van der Waals surface area contributed by atoms with E-state index in [9.17, 15) is 9.50 Å². The molecule has 0 fully saturated rings. The second-order valence-corrected chi connectivity index (χ2v) is 5.09. The zero-order valence-electron chi connectivity index (χ0n) is 11.4. The van der Waals surface area contributed by atoms with Gasteiger partial charge in [-0.1, -0.05) is 51.2 Å². The lowest BCUT2D eigenvalue weighted by molar-refractivity contribution is 0.214. The molecule has 1 rings (SSSR count). The average Bonchev–Trinajstić information content (AvgIpc) is 2.37. The van der Waals surface area contributed by atoms with Gasteiger partial charge in [-0.15, -0.1) is 0 Å². The molecule has 0 aliphatic rings. The van der Waals surface area contributed by atoms with Crippen LogP contribution in [0.2, 0.25) is 0 Å². The monoisotopic (exact) mass is 252 g/mol. The minimum Gasteiger partial charge on any atom is -0.396 e. The van der Waals surface area contributed by atoms with Crippen LogP contribution in [0.25, 0.3) is 0 Å². The Balaban J connectivity index is 2.28. The Morgan fingerprint density at radius 2 is 1.94 bits per heavy atom. The molecule has 1 atom stereocenters. The van der Waals surface area contributed by atoms with Gasteiger partial charge in [0.05, 0.1) is 0 Å². The summed E-state index contributed by atoms with van der Waals surface area (Å²) < 4.78 is 13.1. The molecule has 0 spiro atoms. The highest BCUT2D eigenvalue weighted by molar-refractivity contribution is 5.16. The third-order valence-corrected chi connectivity index (χ3v) is 3.39. The van der Waals surface area contributed by atoms with Crippen LogP contribution in [0.15, 0.2) is 24.3 Å². The molecule has 1 N–H and O–H groups in total. The van der Waals surface area contributed by atoms with E-state index in [-0.39, 0.29) is 18.3 Å². The largest absolute Gasteiger partial charge is 0.396 e.